The van der Waals surface area contributed by atoms with Gasteiger partial charge in [0.25, 0.3) is 5.91 Å². The van der Waals surface area contributed by atoms with Crippen LogP contribution >= 0.6 is 11.6 Å². The number of benzene rings is 2. The topological polar surface area (TPSA) is 63.1 Å². The highest BCUT2D eigenvalue weighted by atomic mass is 35.5. The van der Waals surface area contributed by atoms with Gasteiger partial charge in [0.05, 0.1) is 21.8 Å². The van der Waals surface area contributed by atoms with Gasteiger partial charge >= 0.3 is 0 Å². The van der Waals surface area contributed by atoms with Crippen molar-refractivity contribution in [2.75, 3.05) is 11.9 Å². The van der Waals surface area contributed by atoms with Crippen LogP contribution in [0.5, 0.6) is 0 Å². The zero-order valence-electron chi connectivity index (χ0n) is 16.3. The van der Waals surface area contributed by atoms with Gasteiger partial charge in [-0.05, 0) is 48.4 Å². The molecule has 1 aromatic heterocycles. The van der Waals surface area contributed by atoms with Crippen molar-refractivity contribution in [2.45, 2.75) is 20.4 Å². The molecule has 6 heteroatoms. The van der Waals surface area contributed by atoms with E-state index in [1.165, 1.54) is 0 Å². The number of nitrogens with one attached hydrogen (secondary N) is 2. The summed E-state index contributed by atoms with van der Waals surface area (Å²) in [5, 5.41) is 7.62. The number of hydrogen-bond donors (Lipinski definition) is 2. The van der Waals surface area contributed by atoms with Crippen molar-refractivity contribution in [1.82, 2.24) is 9.88 Å². The number of carbonyl (C=O) groups is 2. The van der Waals surface area contributed by atoms with Gasteiger partial charge in [-0.2, -0.15) is 0 Å². The zero-order valence-corrected chi connectivity index (χ0v) is 17.0. The van der Waals surface area contributed by atoms with E-state index in [1.807, 2.05) is 43.4 Å². The lowest BCUT2D eigenvalue weighted by Gasteiger charge is -2.11. The SMILES string of the molecule is CC(C)CNCc1ccc(Cl)c(C(=O)Nc2ccc3cc(C=O)n(C)c3c2)c1. The largest absolute Gasteiger partial charge is 0.341 e. The number of aromatic nitrogens is 1. The molecule has 0 atom stereocenters. The van der Waals surface area contributed by atoms with Crippen LogP contribution in [0.3, 0.4) is 0 Å². The maximum Gasteiger partial charge on any atom is 0.257 e. The van der Waals surface area contributed by atoms with Gasteiger partial charge < -0.3 is 15.2 Å². The van der Waals surface area contributed by atoms with Crippen LogP contribution in [0.4, 0.5) is 5.69 Å². The lowest BCUT2D eigenvalue weighted by molar-refractivity contribution is 0.102. The van der Waals surface area contributed by atoms with E-state index in [0.29, 0.717) is 34.4 Å². The van der Waals surface area contributed by atoms with E-state index in [-0.39, 0.29) is 5.91 Å². The van der Waals surface area contributed by atoms with Gasteiger partial charge in [0.1, 0.15) is 0 Å². The van der Waals surface area contributed by atoms with E-state index in [4.69, 9.17) is 11.6 Å². The van der Waals surface area contributed by atoms with Crippen LogP contribution < -0.4 is 10.6 Å². The molecule has 3 rings (SSSR count). The number of aryl methyl sites for hydroxylation is 1. The van der Waals surface area contributed by atoms with Crippen LogP contribution in [0.25, 0.3) is 10.9 Å². The molecular weight excluding hydrogens is 374 g/mol. The van der Waals surface area contributed by atoms with E-state index < -0.39 is 0 Å². The first-order chi connectivity index (χ1) is 13.4. The first-order valence-electron chi connectivity index (χ1n) is 9.24. The Morgan fingerprint density at radius 3 is 2.68 bits per heavy atom. The van der Waals surface area contributed by atoms with Gasteiger partial charge in [0.15, 0.2) is 6.29 Å². The Balaban J connectivity index is 1.79. The summed E-state index contributed by atoms with van der Waals surface area (Å²) in [6.45, 7) is 5.88. The lowest BCUT2D eigenvalue weighted by Crippen LogP contribution is -2.19. The van der Waals surface area contributed by atoms with Crippen molar-refractivity contribution in [2.24, 2.45) is 13.0 Å². The molecule has 146 valence electrons. The molecule has 0 aliphatic heterocycles. The molecule has 1 amide bonds. The Morgan fingerprint density at radius 1 is 1.18 bits per heavy atom. The van der Waals surface area contributed by atoms with Gasteiger partial charge in [-0.3, -0.25) is 9.59 Å². The number of anilines is 1. The summed E-state index contributed by atoms with van der Waals surface area (Å²) in [5.41, 5.74) is 3.55. The fourth-order valence-electron chi connectivity index (χ4n) is 3.10. The van der Waals surface area contributed by atoms with Crippen LogP contribution in [-0.2, 0) is 13.6 Å². The monoisotopic (exact) mass is 397 g/mol. The molecule has 5 nitrogen and oxygen atoms in total. The van der Waals surface area contributed by atoms with Crippen molar-refractivity contribution in [3.8, 4) is 0 Å². The number of nitrogens with zero attached hydrogens (tertiary/aromatic N) is 1. The second-order valence-electron chi connectivity index (χ2n) is 7.31. The lowest BCUT2D eigenvalue weighted by atomic mass is 10.1. The fraction of sp³-hybridized carbons (Fsp3) is 0.273. The molecule has 28 heavy (non-hydrogen) atoms. The molecule has 0 bridgehead atoms. The minimum absolute atomic E-state index is 0.264. The highest BCUT2D eigenvalue weighted by molar-refractivity contribution is 6.34. The van der Waals surface area contributed by atoms with Crippen LogP contribution in [-0.4, -0.2) is 23.3 Å². The summed E-state index contributed by atoms with van der Waals surface area (Å²) in [7, 11) is 1.82. The fourth-order valence-corrected chi connectivity index (χ4v) is 3.31. The number of amides is 1. The van der Waals surface area contributed by atoms with Crippen molar-refractivity contribution in [3.63, 3.8) is 0 Å². The second-order valence-corrected chi connectivity index (χ2v) is 7.72. The molecule has 0 unspecified atom stereocenters. The summed E-state index contributed by atoms with van der Waals surface area (Å²) in [6, 6.07) is 12.8. The standard InChI is InChI=1S/C22H24ClN3O2/c1-14(2)11-24-12-15-4-7-20(23)19(8-15)22(28)25-17-6-5-16-9-18(13-27)26(3)21(16)10-17/h4-10,13-14,24H,11-12H2,1-3H3,(H,25,28). The van der Waals surface area contributed by atoms with Crippen LogP contribution in [0.2, 0.25) is 5.02 Å². The second kappa shape index (κ2) is 8.59. The Hall–Kier alpha value is -2.63. The van der Waals surface area contributed by atoms with Gasteiger partial charge in [0, 0.05) is 24.7 Å². The normalized spacial score (nSPS) is 11.2. The summed E-state index contributed by atoms with van der Waals surface area (Å²) in [6.07, 6.45) is 0.816. The maximum absolute atomic E-state index is 12.8. The number of aldehydes is 1. The van der Waals surface area contributed by atoms with Crippen LogP contribution in [0, 0.1) is 5.92 Å². The number of halogens is 1. The quantitative estimate of drug-likeness (QED) is 0.571. The third-order valence-electron chi connectivity index (χ3n) is 4.62. The zero-order chi connectivity index (χ0) is 20.3. The maximum atomic E-state index is 12.8. The van der Waals surface area contributed by atoms with Crippen LogP contribution in [0.1, 0.15) is 40.3 Å². The smallest absolute Gasteiger partial charge is 0.257 e. The van der Waals surface area contributed by atoms with E-state index in [9.17, 15) is 9.59 Å². The Morgan fingerprint density at radius 2 is 1.96 bits per heavy atom. The van der Waals surface area contributed by atoms with E-state index in [1.54, 1.807) is 10.6 Å². The van der Waals surface area contributed by atoms with Crippen LogP contribution in [0.15, 0.2) is 42.5 Å². The van der Waals surface area contributed by atoms with Crippen molar-refractivity contribution < 1.29 is 9.59 Å². The van der Waals surface area contributed by atoms with Gasteiger partial charge in [0.2, 0.25) is 0 Å². The van der Waals surface area contributed by atoms with Gasteiger partial charge in [-0.25, -0.2) is 0 Å². The first-order valence-corrected chi connectivity index (χ1v) is 9.62. The van der Waals surface area contributed by atoms with Gasteiger partial charge in [-0.1, -0.05) is 37.6 Å². The summed E-state index contributed by atoms with van der Waals surface area (Å²) in [4.78, 5) is 23.9. The molecule has 0 saturated carbocycles. The van der Waals surface area contributed by atoms with Crippen molar-refractivity contribution in [1.29, 1.82) is 0 Å². The van der Waals surface area contributed by atoms with E-state index in [0.717, 1.165) is 29.3 Å². The molecule has 3 aromatic rings. The third-order valence-corrected chi connectivity index (χ3v) is 4.95. The highest BCUT2D eigenvalue weighted by Gasteiger charge is 2.13. The minimum Gasteiger partial charge on any atom is -0.341 e. The molecule has 0 saturated heterocycles. The van der Waals surface area contributed by atoms with Crippen molar-refractivity contribution in [3.05, 3.63) is 64.3 Å². The average Bonchev–Trinajstić information content (AvgIpc) is 2.98. The number of fused-ring (bicyclic) bond motifs is 1. The first kappa shape index (κ1) is 20.1. The molecule has 0 fully saturated rings. The highest BCUT2D eigenvalue weighted by Crippen LogP contribution is 2.24. The number of rotatable bonds is 7. The molecule has 2 N–H and O–H groups in total. The van der Waals surface area contributed by atoms with E-state index in [2.05, 4.69) is 24.5 Å². The minimum atomic E-state index is -0.264. The summed E-state index contributed by atoms with van der Waals surface area (Å²) in [5.74, 6) is 0.294. The molecule has 1 heterocycles. The molecule has 2 aromatic carbocycles. The molecule has 0 spiro atoms. The molecule has 0 aliphatic carbocycles. The van der Waals surface area contributed by atoms with Crippen molar-refractivity contribution >= 4 is 40.4 Å². The average molecular weight is 398 g/mol. The van der Waals surface area contributed by atoms with E-state index >= 15 is 0 Å². The molecule has 0 aliphatic rings. The Bertz CT molecular complexity index is 1020. The predicted molar refractivity (Wildman–Crippen MR) is 114 cm³/mol. The third kappa shape index (κ3) is 4.43. The number of carbonyl (C=O) groups excluding carboxylic acids is 2. The molecule has 0 radical (unpaired) electrons. The summed E-state index contributed by atoms with van der Waals surface area (Å²) < 4.78 is 1.80. The Labute approximate surface area is 169 Å². The number of hydrogen-bond acceptors (Lipinski definition) is 3. The predicted octanol–water partition coefficient (Wildman–Crippen LogP) is 4.64. The van der Waals surface area contributed by atoms with Gasteiger partial charge in [-0.15, -0.1) is 0 Å². The summed E-state index contributed by atoms with van der Waals surface area (Å²) >= 11 is 6.26. The molecular formula is C22H24ClN3O2. The Kier molecular flexibility index (Phi) is 6.17.